The molecule has 2 aliphatic heterocycles. The first-order valence-corrected chi connectivity index (χ1v) is 10.6. The summed E-state index contributed by atoms with van der Waals surface area (Å²) < 4.78 is 11.7. The highest BCUT2D eigenvalue weighted by molar-refractivity contribution is 5.80. The molecule has 1 unspecified atom stereocenters. The SMILES string of the molecule is CN=C(NCCc1ccc(OC2CCCC2)cc1)N1CCC2(CCOC2)C1. The van der Waals surface area contributed by atoms with Crippen molar-refractivity contribution in [3.63, 3.8) is 0 Å². The number of hydrogen-bond acceptors (Lipinski definition) is 3. The van der Waals surface area contributed by atoms with Crippen molar-refractivity contribution in [2.24, 2.45) is 10.4 Å². The Morgan fingerprint density at radius 1 is 1.26 bits per heavy atom. The number of ether oxygens (including phenoxy) is 2. The fraction of sp³-hybridized carbons (Fsp3) is 0.682. The van der Waals surface area contributed by atoms with E-state index in [1.54, 1.807) is 0 Å². The largest absolute Gasteiger partial charge is 0.490 e. The maximum atomic E-state index is 6.05. The first-order chi connectivity index (χ1) is 13.3. The lowest BCUT2D eigenvalue weighted by atomic mass is 9.87. The van der Waals surface area contributed by atoms with Gasteiger partial charge < -0.3 is 19.7 Å². The molecule has 0 aromatic heterocycles. The van der Waals surface area contributed by atoms with Crippen LogP contribution in [0.3, 0.4) is 0 Å². The molecule has 1 aromatic carbocycles. The van der Waals surface area contributed by atoms with Gasteiger partial charge in [0.25, 0.3) is 0 Å². The first kappa shape index (κ1) is 18.6. The van der Waals surface area contributed by atoms with Crippen LogP contribution in [0.4, 0.5) is 0 Å². The summed E-state index contributed by atoms with van der Waals surface area (Å²) >= 11 is 0. The zero-order valence-corrected chi connectivity index (χ0v) is 16.6. The fourth-order valence-electron chi connectivity index (χ4n) is 4.67. The van der Waals surface area contributed by atoms with Crippen LogP contribution in [0.1, 0.15) is 44.1 Å². The molecule has 2 saturated heterocycles. The van der Waals surface area contributed by atoms with Gasteiger partial charge in [-0.1, -0.05) is 12.1 Å². The van der Waals surface area contributed by atoms with E-state index in [4.69, 9.17) is 9.47 Å². The topological polar surface area (TPSA) is 46.1 Å². The standard InChI is InChI=1S/C22H33N3O2/c1-23-21(25-14-11-22(16-25)12-15-26-17-22)24-13-10-18-6-8-20(9-7-18)27-19-4-2-3-5-19/h6-9,19H,2-5,10-17H2,1H3,(H,23,24). The summed E-state index contributed by atoms with van der Waals surface area (Å²) in [5, 5.41) is 3.54. The van der Waals surface area contributed by atoms with E-state index in [9.17, 15) is 0 Å². The minimum Gasteiger partial charge on any atom is -0.490 e. The van der Waals surface area contributed by atoms with Gasteiger partial charge in [0.05, 0.1) is 12.7 Å². The second-order valence-electron chi connectivity index (χ2n) is 8.37. The van der Waals surface area contributed by atoms with Gasteiger partial charge in [0.15, 0.2) is 5.96 Å². The Morgan fingerprint density at radius 2 is 2.07 bits per heavy atom. The molecule has 5 nitrogen and oxygen atoms in total. The summed E-state index contributed by atoms with van der Waals surface area (Å²) in [4.78, 5) is 6.89. The number of rotatable bonds is 5. The van der Waals surface area contributed by atoms with Gasteiger partial charge in [-0.3, -0.25) is 4.99 Å². The van der Waals surface area contributed by atoms with Crippen molar-refractivity contribution in [2.45, 2.75) is 51.0 Å². The van der Waals surface area contributed by atoms with Gasteiger partial charge in [-0.05, 0) is 62.6 Å². The maximum absolute atomic E-state index is 6.05. The molecule has 3 aliphatic rings. The van der Waals surface area contributed by atoms with Crippen molar-refractivity contribution >= 4 is 5.96 Å². The molecule has 3 fully saturated rings. The van der Waals surface area contributed by atoms with Crippen molar-refractivity contribution in [3.05, 3.63) is 29.8 Å². The second kappa shape index (κ2) is 8.51. The summed E-state index contributed by atoms with van der Waals surface area (Å²) in [6.07, 6.45) is 8.84. The smallest absolute Gasteiger partial charge is 0.193 e. The third kappa shape index (κ3) is 4.57. The molecular weight excluding hydrogens is 338 g/mol. The quantitative estimate of drug-likeness (QED) is 0.638. The monoisotopic (exact) mass is 371 g/mol. The van der Waals surface area contributed by atoms with Crippen LogP contribution in [0.25, 0.3) is 0 Å². The minimum absolute atomic E-state index is 0.368. The molecule has 0 radical (unpaired) electrons. The van der Waals surface area contributed by atoms with Gasteiger partial charge in [0.2, 0.25) is 0 Å². The average molecular weight is 372 g/mol. The Labute approximate surface area is 163 Å². The molecule has 1 N–H and O–H groups in total. The van der Waals surface area contributed by atoms with Crippen LogP contribution in [0.2, 0.25) is 0 Å². The Bertz CT molecular complexity index is 631. The van der Waals surface area contributed by atoms with E-state index >= 15 is 0 Å². The molecule has 0 bridgehead atoms. The molecule has 4 rings (SSSR count). The van der Waals surface area contributed by atoms with Crippen LogP contribution in [0, 0.1) is 5.41 Å². The van der Waals surface area contributed by atoms with E-state index in [-0.39, 0.29) is 0 Å². The molecular formula is C22H33N3O2. The molecule has 1 atom stereocenters. The molecule has 1 aliphatic carbocycles. The Morgan fingerprint density at radius 3 is 2.78 bits per heavy atom. The van der Waals surface area contributed by atoms with E-state index in [1.807, 2.05) is 7.05 Å². The zero-order valence-electron chi connectivity index (χ0n) is 16.6. The van der Waals surface area contributed by atoms with Gasteiger partial charge in [0, 0.05) is 38.7 Å². The lowest BCUT2D eigenvalue weighted by Gasteiger charge is -2.25. The van der Waals surface area contributed by atoms with Crippen molar-refractivity contribution in [1.29, 1.82) is 0 Å². The predicted molar refractivity (Wildman–Crippen MR) is 108 cm³/mol. The van der Waals surface area contributed by atoms with E-state index < -0.39 is 0 Å². The van der Waals surface area contributed by atoms with Gasteiger partial charge in [0.1, 0.15) is 5.75 Å². The third-order valence-electron chi connectivity index (χ3n) is 6.36. The van der Waals surface area contributed by atoms with E-state index in [0.717, 1.165) is 51.0 Å². The van der Waals surface area contributed by atoms with Crippen LogP contribution >= 0.6 is 0 Å². The second-order valence-corrected chi connectivity index (χ2v) is 8.37. The summed E-state index contributed by atoms with van der Waals surface area (Å²) in [7, 11) is 1.88. The van der Waals surface area contributed by atoms with Gasteiger partial charge in [-0.25, -0.2) is 0 Å². The third-order valence-corrected chi connectivity index (χ3v) is 6.36. The molecule has 27 heavy (non-hydrogen) atoms. The van der Waals surface area contributed by atoms with E-state index in [2.05, 4.69) is 39.5 Å². The highest BCUT2D eigenvalue weighted by Crippen LogP contribution is 2.38. The van der Waals surface area contributed by atoms with E-state index in [0.29, 0.717) is 11.5 Å². The molecule has 1 spiro atoms. The highest BCUT2D eigenvalue weighted by atomic mass is 16.5. The molecule has 1 saturated carbocycles. The zero-order chi connectivity index (χ0) is 18.5. The van der Waals surface area contributed by atoms with Crippen molar-refractivity contribution < 1.29 is 9.47 Å². The number of hydrogen-bond donors (Lipinski definition) is 1. The van der Waals surface area contributed by atoms with Crippen LogP contribution < -0.4 is 10.1 Å². The number of likely N-dealkylation sites (tertiary alicyclic amines) is 1. The van der Waals surface area contributed by atoms with Crippen LogP contribution in [0.5, 0.6) is 5.75 Å². The van der Waals surface area contributed by atoms with Gasteiger partial charge in [-0.2, -0.15) is 0 Å². The predicted octanol–water partition coefficient (Wildman–Crippen LogP) is 3.24. The van der Waals surface area contributed by atoms with Crippen LogP contribution in [0.15, 0.2) is 29.3 Å². The summed E-state index contributed by atoms with van der Waals surface area (Å²) in [5.41, 5.74) is 1.70. The lowest BCUT2D eigenvalue weighted by Crippen LogP contribution is -2.42. The number of benzene rings is 1. The molecule has 1 aromatic rings. The maximum Gasteiger partial charge on any atom is 0.193 e. The van der Waals surface area contributed by atoms with Crippen molar-refractivity contribution in [3.8, 4) is 5.75 Å². The first-order valence-electron chi connectivity index (χ1n) is 10.6. The molecule has 5 heteroatoms. The normalized spacial score (nSPS) is 26.3. The number of guanidine groups is 1. The Balaban J connectivity index is 1.22. The number of aliphatic imine (C=N–C) groups is 1. The van der Waals surface area contributed by atoms with Crippen molar-refractivity contribution in [2.75, 3.05) is 39.9 Å². The van der Waals surface area contributed by atoms with Crippen LogP contribution in [-0.2, 0) is 11.2 Å². The van der Waals surface area contributed by atoms with Gasteiger partial charge >= 0.3 is 0 Å². The Hall–Kier alpha value is -1.75. The molecule has 0 amide bonds. The van der Waals surface area contributed by atoms with Crippen molar-refractivity contribution in [1.82, 2.24) is 10.2 Å². The number of nitrogens with one attached hydrogen (secondary N) is 1. The lowest BCUT2D eigenvalue weighted by molar-refractivity contribution is 0.156. The highest BCUT2D eigenvalue weighted by Gasteiger charge is 2.42. The minimum atomic E-state index is 0.368. The molecule has 148 valence electrons. The summed E-state index contributed by atoms with van der Waals surface area (Å²) in [6.45, 7) is 4.88. The van der Waals surface area contributed by atoms with Gasteiger partial charge in [-0.15, -0.1) is 0 Å². The number of nitrogens with zero attached hydrogens (tertiary/aromatic N) is 2. The summed E-state index contributed by atoms with van der Waals surface area (Å²) in [5.74, 6) is 2.04. The Kier molecular flexibility index (Phi) is 5.86. The molecule has 2 heterocycles. The van der Waals surface area contributed by atoms with Crippen LogP contribution in [-0.4, -0.2) is 56.9 Å². The summed E-state index contributed by atoms with van der Waals surface area (Å²) in [6, 6.07) is 8.62. The fourth-order valence-corrected chi connectivity index (χ4v) is 4.67. The van der Waals surface area contributed by atoms with E-state index in [1.165, 1.54) is 44.1 Å². The average Bonchev–Trinajstić information content (AvgIpc) is 3.44.